The molecule has 1 fully saturated rings. The normalized spacial score (nSPS) is 27.1. The molecule has 3 unspecified atom stereocenters. The minimum absolute atomic E-state index is 0.192. The van der Waals surface area contributed by atoms with Crippen molar-refractivity contribution in [3.63, 3.8) is 0 Å². The maximum Gasteiger partial charge on any atom is 0.263 e. The number of hydrogen-bond acceptors (Lipinski definition) is 5. The lowest BCUT2D eigenvalue weighted by molar-refractivity contribution is -0.139. The summed E-state index contributed by atoms with van der Waals surface area (Å²) in [5.74, 6) is -0.491. The van der Waals surface area contributed by atoms with Gasteiger partial charge in [0.25, 0.3) is 5.91 Å². The van der Waals surface area contributed by atoms with Crippen molar-refractivity contribution in [3.05, 3.63) is 35.9 Å². The molecule has 0 aromatic heterocycles. The first-order chi connectivity index (χ1) is 8.68. The average Bonchev–Trinajstić information content (AvgIpc) is 2.71. The summed E-state index contributed by atoms with van der Waals surface area (Å²) < 4.78 is 0. The summed E-state index contributed by atoms with van der Waals surface area (Å²) in [5.41, 5.74) is 3.18. The largest absolute Gasteiger partial charge is 0.389 e. The van der Waals surface area contributed by atoms with Crippen molar-refractivity contribution in [1.82, 2.24) is 10.8 Å². The van der Waals surface area contributed by atoms with Crippen molar-refractivity contribution in [3.8, 4) is 0 Å². The monoisotopic (exact) mass is 252 g/mol. The zero-order chi connectivity index (χ0) is 13.0. The Labute approximate surface area is 105 Å². The van der Waals surface area contributed by atoms with E-state index in [9.17, 15) is 15.0 Å². The van der Waals surface area contributed by atoms with Crippen LogP contribution in [0, 0.1) is 0 Å². The summed E-state index contributed by atoms with van der Waals surface area (Å²) in [4.78, 5) is 16.7. The topological polar surface area (TPSA) is 90.8 Å². The van der Waals surface area contributed by atoms with E-state index in [0.29, 0.717) is 0 Å². The summed E-state index contributed by atoms with van der Waals surface area (Å²) >= 11 is 0. The lowest BCUT2D eigenvalue weighted by Gasteiger charge is -2.15. The van der Waals surface area contributed by atoms with Gasteiger partial charge in [0.1, 0.15) is 12.1 Å². The molecular weight excluding hydrogens is 236 g/mol. The highest BCUT2D eigenvalue weighted by Crippen LogP contribution is 2.08. The van der Waals surface area contributed by atoms with Crippen molar-refractivity contribution >= 4 is 5.91 Å². The minimum Gasteiger partial charge on any atom is -0.389 e. The lowest BCUT2D eigenvalue weighted by atomic mass is 10.1. The number of aliphatic hydroxyl groups excluding tert-OH is 2. The fraction of sp³-hybridized carbons (Fsp3) is 0.417. The van der Waals surface area contributed by atoms with Gasteiger partial charge in [-0.05, 0) is 5.56 Å². The Kier molecular flexibility index (Phi) is 4.27. The highest BCUT2D eigenvalue weighted by Gasteiger charge is 2.37. The molecular formula is C12H16N2O4. The van der Waals surface area contributed by atoms with Crippen molar-refractivity contribution < 1.29 is 19.8 Å². The molecule has 98 valence electrons. The van der Waals surface area contributed by atoms with Gasteiger partial charge in [-0.3, -0.25) is 9.63 Å². The molecule has 6 nitrogen and oxygen atoms in total. The van der Waals surface area contributed by atoms with Crippen molar-refractivity contribution in [2.75, 3.05) is 6.54 Å². The minimum atomic E-state index is -1.11. The number of aliphatic hydroxyl groups is 2. The van der Waals surface area contributed by atoms with Crippen LogP contribution in [-0.4, -0.2) is 40.9 Å². The Morgan fingerprint density at radius 3 is 2.72 bits per heavy atom. The van der Waals surface area contributed by atoms with Gasteiger partial charge >= 0.3 is 0 Å². The number of benzene rings is 1. The van der Waals surface area contributed by atoms with E-state index in [1.165, 1.54) is 0 Å². The van der Waals surface area contributed by atoms with Crippen LogP contribution in [0.2, 0.25) is 0 Å². The van der Waals surface area contributed by atoms with Crippen LogP contribution >= 0.6 is 0 Å². The summed E-state index contributed by atoms with van der Waals surface area (Å²) in [6, 6.07) is 8.55. The first kappa shape index (κ1) is 13.0. The van der Waals surface area contributed by atoms with Crippen LogP contribution in [0.4, 0.5) is 0 Å². The fourth-order valence-electron chi connectivity index (χ4n) is 1.79. The van der Waals surface area contributed by atoms with E-state index in [4.69, 9.17) is 4.84 Å². The van der Waals surface area contributed by atoms with E-state index in [0.717, 1.165) is 5.56 Å². The molecule has 0 aliphatic carbocycles. The van der Waals surface area contributed by atoms with E-state index >= 15 is 0 Å². The molecule has 0 radical (unpaired) electrons. The maximum atomic E-state index is 11.6. The number of nitrogens with one attached hydrogen (secondary N) is 2. The highest BCUT2D eigenvalue weighted by molar-refractivity contribution is 5.82. The smallest absolute Gasteiger partial charge is 0.263 e. The number of rotatable bonds is 4. The highest BCUT2D eigenvalue weighted by atomic mass is 16.7. The molecule has 6 heteroatoms. The molecule has 1 amide bonds. The second kappa shape index (κ2) is 5.92. The molecule has 0 saturated carbocycles. The first-order valence-electron chi connectivity index (χ1n) is 5.73. The number of β-amino-alcohol motifs (C(OH)–C–C–N with tert-alkyl or cyclic N) is 1. The van der Waals surface area contributed by atoms with E-state index in [2.05, 4.69) is 10.8 Å². The third-order valence-corrected chi connectivity index (χ3v) is 2.82. The Hall–Kier alpha value is -1.47. The SMILES string of the molecule is O=C(NOCc1ccccc1)C1NCC(O)C1O. The standard InChI is InChI=1S/C12H16N2O4/c15-9-6-13-10(11(9)16)12(17)14-18-7-8-4-2-1-3-5-8/h1-5,9-11,13,15-16H,6-7H2,(H,14,17). The summed E-state index contributed by atoms with van der Waals surface area (Å²) in [6.07, 6.45) is -2.03. The van der Waals surface area contributed by atoms with Crippen LogP contribution < -0.4 is 10.8 Å². The van der Waals surface area contributed by atoms with Crippen LogP contribution in [0.25, 0.3) is 0 Å². The van der Waals surface area contributed by atoms with E-state index in [1.54, 1.807) is 0 Å². The predicted octanol–water partition coefficient (Wildman–Crippen LogP) is -1.07. The number of hydrogen-bond donors (Lipinski definition) is 4. The Balaban J connectivity index is 1.76. The zero-order valence-corrected chi connectivity index (χ0v) is 9.74. The summed E-state index contributed by atoms with van der Waals surface area (Å²) in [7, 11) is 0. The van der Waals surface area contributed by atoms with Gasteiger partial charge in [-0.1, -0.05) is 30.3 Å². The van der Waals surface area contributed by atoms with Crippen molar-refractivity contribution in [2.45, 2.75) is 24.9 Å². The quantitative estimate of drug-likeness (QED) is 0.512. The molecule has 0 spiro atoms. The summed E-state index contributed by atoms with van der Waals surface area (Å²) in [5, 5.41) is 21.5. The molecule has 2 rings (SSSR count). The molecule has 0 bridgehead atoms. The molecule has 3 atom stereocenters. The average molecular weight is 252 g/mol. The number of amides is 1. The lowest BCUT2D eigenvalue weighted by Crippen LogP contribution is -2.46. The van der Waals surface area contributed by atoms with Gasteiger partial charge in [0, 0.05) is 6.54 Å². The molecule has 1 aromatic rings. The van der Waals surface area contributed by atoms with Gasteiger partial charge in [0.05, 0.1) is 12.7 Å². The molecule has 4 N–H and O–H groups in total. The second-order valence-corrected chi connectivity index (χ2v) is 4.18. The molecule has 1 heterocycles. The van der Waals surface area contributed by atoms with E-state index in [1.807, 2.05) is 30.3 Å². The van der Waals surface area contributed by atoms with Crippen LogP contribution in [-0.2, 0) is 16.2 Å². The second-order valence-electron chi connectivity index (χ2n) is 4.18. The van der Waals surface area contributed by atoms with Gasteiger partial charge in [-0.25, -0.2) is 5.48 Å². The van der Waals surface area contributed by atoms with Crippen LogP contribution in [0.1, 0.15) is 5.56 Å². The van der Waals surface area contributed by atoms with Crippen molar-refractivity contribution in [1.29, 1.82) is 0 Å². The third-order valence-electron chi connectivity index (χ3n) is 2.82. The van der Waals surface area contributed by atoms with Gasteiger partial charge in [-0.2, -0.15) is 0 Å². The zero-order valence-electron chi connectivity index (χ0n) is 9.74. The molecule has 1 aliphatic rings. The number of carbonyl (C=O) groups is 1. The molecule has 1 saturated heterocycles. The number of hydroxylamine groups is 1. The van der Waals surface area contributed by atoms with Gasteiger partial charge in [0.2, 0.25) is 0 Å². The molecule has 1 aromatic carbocycles. The van der Waals surface area contributed by atoms with Crippen LogP contribution in [0.3, 0.4) is 0 Å². The maximum absolute atomic E-state index is 11.6. The fourth-order valence-corrected chi connectivity index (χ4v) is 1.79. The Morgan fingerprint density at radius 1 is 1.39 bits per heavy atom. The predicted molar refractivity (Wildman–Crippen MR) is 63.2 cm³/mol. The molecule has 1 aliphatic heterocycles. The van der Waals surface area contributed by atoms with Gasteiger partial charge in [0.15, 0.2) is 0 Å². The Bertz CT molecular complexity index is 398. The van der Waals surface area contributed by atoms with E-state index in [-0.39, 0.29) is 13.2 Å². The summed E-state index contributed by atoms with van der Waals surface area (Å²) in [6.45, 7) is 0.440. The van der Waals surface area contributed by atoms with Gasteiger partial charge < -0.3 is 15.5 Å². The molecule has 18 heavy (non-hydrogen) atoms. The van der Waals surface area contributed by atoms with Crippen molar-refractivity contribution in [2.24, 2.45) is 0 Å². The van der Waals surface area contributed by atoms with Gasteiger partial charge in [-0.15, -0.1) is 0 Å². The van der Waals surface area contributed by atoms with E-state index < -0.39 is 24.2 Å². The number of carbonyl (C=O) groups excluding carboxylic acids is 1. The van der Waals surface area contributed by atoms with Crippen LogP contribution in [0.5, 0.6) is 0 Å². The third kappa shape index (κ3) is 3.05. The van der Waals surface area contributed by atoms with Crippen LogP contribution in [0.15, 0.2) is 30.3 Å². The Morgan fingerprint density at radius 2 is 2.11 bits per heavy atom. The first-order valence-corrected chi connectivity index (χ1v) is 5.73.